The van der Waals surface area contributed by atoms with Gasteiger partial charge in [0.05, 0.1) is 19.9 Å². The number of hydrogen-bond acceptors (Lipinski definition) is 5. The molecule has 0 heterocycles. The molecule has 0 bridgehead atoms. The molecule has 0 radical (unpaired) electrons. The summed E-state index contributed by atoms with van der Waals surface area (Å²) < 4.78 is 28.5. The molecule has 24 heavy (non-hydrogen) atoms. The van der Waals surface area contributed by atoms with Crippen molar-refractivity contribution in [2.45, 2.75) is 0 Å². The van der Waals surface area contributed by atoms with Crippen LogP contribution in [0.25, 0.3) is 0 Å². The Kier molecular flexibility index (Phi) is 5.73. The molecule has 126 valence electrons. The molecule has 1 amide bonds. The largest absolute Gasteiger partial charge is 0.497 e. The number of esters is 1. The van der Waals surface area contributed by atoms with E-state index in [1.54, 1.807) is 18.2 Å². The summed E-state index contributed by atoms with van der Waals surface area (Å²) in [6, 6.07) is 10.3. The quantitative estimate of drug-likeness (QED) is 0.823. The second-order valence-electron chi connectivity index (χ2n) is 4.67. The van der Waals surface area contributed by atoms with E-state index in [-0.39, 0.29) is 17.0 Å². The number of methoxy groups -OCH3 is 2. The van der Waals surface area contributed by atoms with Crippen LogP contribution in [0, 0.1) is 5.82 Å². The fraction of sp³-hybridized carbons (Fsp3) is 0.176. The number of rotatable bonds is 6. The lowest BCUT2D eigenvalue weighted by Gasteiger charge is -2.10. The predicted octanol–water partition coefficient (Wildman–Crippen LogP) is 2.64. The third kappa shape index (κ3) is 4.22. The topological polar surface area (TPSA) is 73.9 Å². The molecule has 0 saturated heterocycles. The first-order valence-electron chi connectivity index (χ1n) is 6.98. The highest BCUT2D eigenvalue weighted by Crippen LogP contribution is 2.24. The van der Waals surface area contributed by atoms with Crippen molar-refractivity contribution in [3.8, 4) is 11.5 Å². The van der Waals surface area contributed by atoms with Crippen LogP contribution in [-0.2, 0) is 9.53 Å². The molecule has 0 atom stereocenters. The van der Waals surface area contributed by atoms with Crippen molar-refractivity contribution in [3.63, 3.8) is 0 Å². The lowest BCUT2D eigenvalue weighted by molar-refractivity contribution is -0.119. The van der Waals surface area contributed by atoms with Gasteiger partial charge in [-0.25, -0.2) is 9.18 Å². The van der Waals surface area contributed by atoms with E-state index >= 15 is 0 Å². The second-order valence-corrected chi connectivity index (χ2v) is 4.67. The lowest BCUT2D eigenvalue weighted by Crippen LogP contribution is -2.21. The summed E-state index contributed by atoms with van der Waals surface area (Å²) in [5.74, 6) is -1.26. The average molecular weight is 333 g/mol. The minimum atomic E-state index is -0.755. The molecule has 0 fully saturated rings. The second kappa shape index (κ2) is 7.96. The van der Waals surface area contributed by atoms with E-state index in [9.17, 15) is 14.0 Å². The van der Waals surface area contributed by atoms with Crippen molar-refractivity contribution in [2.24, 2.45) is 0 Å². The highest BCUT2D eigenvalue weighted by molar-refractivity contribution is 5.97. The molecule has 0 unspecified atom stereocenters. The number of hydrogen-bond donors (Lipinski definition) is 1. The fourth-order valence-corrected chi connectivity index (χ4v) is 1.93. The molecule has 0 aliphatic rings. The van der Waals surface area contributed by atoms with Gasteiger partial charge in [-0.3, -0.25) is 4.79 Å². The molecule has 2 aromatic rings. The summed E-state index contributed by atoms with van der Waals surface area (Å²) in [4.78, 5) is 23.9. The van der Waals surface area contributed by atoms with Gasteiger partial charge in [0, 0.05) is 0 Å². The Morgan fingerprint density at radius 1 is 1.08 bits per heavy atom. The van der Waals surface area contributed by atoms with Gasteiger partial charge in [0.15, 0.2) is 6.61 Å². The SMILES string of the molecule is COc1ccc(OC)c(C(=O)OCC(=O)Nc2ccccc2F)c1. The standard InChI is InChI=1S/C17H16FNO5/c1-22-11-7-8-15(23-2)12(9-11)17(21)24-10-16(20)19-14-6-4-3-5-13(14)18/h3-9H,10H2,1-2H3,(H,19,20). The van der Waals surface area contributed by atoms with Crippen LogP contribution in [0.3, 0.4) is 0 Å². The van der Waals surface area contributed by atoms with E-state index in [0.29, 0.717) is 5.75 Å². The Labute approximate surface area is 138 Å². The Morgan fingerprint density at radius 3 is 2.50 bits per heavy atom. The Hall–Kier alpha value is -3.09. The van der Waals surface area contributed by atoms with Gasteiger partial charge in [-0.15, -0.1) is 0 Å². The fourth-order valence-electron chi connectivity index (χ4n) is 1.93. The maximum atomic E-state index is 13.4. The van der Waals surface area contributed by atoms with Crippen LogP contribution in [0.1, 0.15) is 10.4 Å². The number of nitrogens with one attached hydrogen (secondary N) is 1. The average Bonchev–Trinajstić information content (AvgIpc) is 2.61. The monoisotopic (exact) mass is 333 g/mol. The van der Waals surface area contributed by atoms with E-state index in [1.165, 1.54) is 38.5 Å². The van der Waals surface area contributed by atoms with Crippen molar-refractivity contribution in [1.82, 2.24) is 0 Å². The zero-order valence-corrected chi connectivity index (χ0v) is 13.2. The maximum Gasteiger partial charge on any atom is 0.342 e. The molecule has 0 spiro atoms. The molecule has 0 aromatic heterocycles. The molecule has 2 rings (SSSR count). The number of amides is 1. The summed E-state index contributed by atoms with van der Waals surface area (Å²) in [5, 5.41) is 2.32. The van der Waals surface area contributed by atoms with Crippen molar-refractivity contribution in [2.75, 3.05) is 26.1 Å². The van der Waals surface area contributed by atoms with Crippen LogP contribution in [0.15, 0.2) is 42.5 Å². The minimum absolute atomic E-state index is 0.0116. The maximum absolute atomic E-state index is 13.4. The molecular weight excluding hydrogens is 317 g/mol. The molecule has 7 heteroatoms. The van der Waals surface area contributed by atoms with E-state index in [0.717, 1.165) is 0 Å². The van der Waals surface area contributed by atoms with Gasteiger partial charge in [0.1, 0.15) is 22.9 Å². The lowest BCUT2D eigenvalue weighted by atomic mass is 10.2. The van der Waals surface area contributed by atoms with Crippen molar-refractivity contribution in [1.29, 1.82) is 0 Å². The normalized spacial score (nSPS) is 9.96. The number of carbonyl (C=O) groups is 2. The molecule has 6 nitrogen and oxygen atoms in total. The molecule has 0 aliphatic carbocycles. The summed E-state index contributed by atoms with van der Waals surface area (Å²) in [7, 11) is 2.86. The van der Waals surface area contributed by atoms with Crippen molar-refractivity contribution < 1.29 is 28.2 Å². The zero-order chi connectivity index (χ0) is 17.5. The third-order valence-electron chi connectivity index (χ3n) is 3.11. The highest BCUT2D eigenvalue weighted by atomic mass is 19.1. The van der Waals surface area contributed by atoms with E-state index in [1.807, 2.05) is 0 Å². The van der Waals surface area contributed by atoms with Gasteiger partial charge in [-0.05, 0) is 30.3 Å². The number of carbonyl (C=O) groups excluding carboxylic acids is 2. The van der Waals surface area contributed by atoms with Gasteiger partial charge in [-0.1, -0.05) is 12.1 Å². The molecule has 0 saturated carbocycles. The smallest absolute Gasteiger partial charge is 0.342 e. The number of ether oxygens (including phenoxy) is 3. The summed E-state index contributed by atoms with van der Waals surface area (Å²) in [6.07, 6.45) is 0. The Morgan fingerprint density at radius 2 is 1.83 bits per heavy atom. The van der Waals surface area contributed by atoms with Crippen molar-refractivity contribution >= 4 is 17.6 Å². The predicted molar refractivity (Wildman–Crippen MR) is 84.9 cm³/mol. The summed E-state index contributed by atoms with van der Waals surface area (Å²) in [5.41, 5.74) is 0.132. The molecule has 2 aromatic carbocycles. The van der Waals surface area contributed by atoms with Crippen LogP contribution in [0.2, 0.25) is 0 Å². The first kappa shape index (κ1) is 17.3. The van der Waals surface area contributed by atoms with Crippen LogP contribution >= 0.6 is 0 Å². The summed E-state index contributed by atoms with van der Waals surface area (Å²) >= 11 is 0. The summed E-state index contributed by atoms with van der Waals surface area (Å²) in [6.45, 7) is -0.562. The van der Waals surface area contributed by atoms with Crippen LogP contribution in [0.4, 0.5) is 10.1 Å². The zero-order valence-electron chi connectivity index (χ0n) is 13.2. The van der Waals surface area contributed by atoms with Crippen molar-refractivity contribution in [3.05, 3.63) is 53.8 Å². The molecular formula is C17H16FNO5. The highest BCUT2D eigenvalue weighted by Gasteiger charge is 2.17. The van der Waals surface area contributed by atoms with E-state index < -0.39 is 24.3 Å². The van der Waals surface area contributed by atoms with Gasteiger partial charge in [0.25, 0.3) is 5.91 Å². The number of para-hydroxylation sites is 1. The molecule has 1 N–H and O–H groups in total. The first-order chi connectivity index (χ1) is 11.5. The number of anilines is 1. The Balaban J connectivity index is 2.00. The van der Waals surface area contributed by atoms with Crippen LogP contribution in [0.5, 0.6) is 11.5 Å². The number of halogens is 1. The van der Waals surface area contributed by atoms with Gasteiger partial charge >= 0.3 is 5.97 Å². The van der Waals surface area contributed by atoms with Crippen LogP contribution < -0.4 is 14.8 Å². The number of benzene rings is 2. The van der Waals surface area contributed by atoms with Gasteiger partial charge < -0.3 is 19.5 Å². The van der Waals surface area contributed by atoms with E-state index in [2.05, 4.69) is 5.32 Å². The van der Waals surface area contributed by atoms with E-state index in [4.69, 9.17) is 14.2 Å². The minimum Gasteiger partial charge on any atom is -0.497 e. The molecule has 0 aliphatic heterocycles. The van der Waals surface area contributed by atoms with Gasteiger partial charge in [0.2, 0.25) is 0 Å². The van der Waals surface area contributed by atoms with Gasteiger partial charge in [-0.2, -0.15) is 0 Å². The third-order valence-corrected chi connectivity index (χ3v) is 3.11. The Bertz CT molecular complexity index is 748. The first-order valence-corrected chi connectivity index (χ1v) is 6.98. The van der Waals surface area contributed by atoms with Crippen LogP contribution in [-0.4, -0.2) is 32.7 Å².